The van der Waals surface area contributed by atoms with Gasteiger partial charge in [-0.15, -0.1) is 0 Å². The second kappa shape index (κ2) is 6.74. The first-order chi connectivity index (χ1) is 11.1. The van der Waals surface area contributed by atoms with Gasteiger partial charge >= 0.3 is 12.2 Å². The summed E-state index contributed by atoms with van der Waals surface area (Å²) in [6, 6.07) is 7.59. The lowest BCUT2D eigenvalue weighted by molar-refractivity contribution is -0.0256. The minimum absolute atomic E-state index is 0.124. The van der Waals surface area contributed by atoms with Crippen LogP contribution < -0.4 is 15.5 Å². The van der Waals surface area contributed by atoms with Gasteiger partial charge in [0.1, 0.15) is 6.54 Å². The highest BCUT2D eigenvalue weighted by molar-refractivity contribution is 5.90. The molecule has 1 aromatic carbocycles. The first kappa shape index (κ1) is 15.4. The Morgan fingerprint density at radius 3 is 2.65 bits per heavy atom. The molecular formula is C15H19N3O5. The lowest BCUT2D eigenvalue weighted by Crippen LogP contribution is -2.28. The summed E-state index contributed by atoms with van der Waals surface area (Å²) < 4.78 is 15.1. The molecule has 0 bridgehead atoms. The van der Waals surface area contributed by atoms with Gasteiger partial charge in [-0.3, -0.25) is 4.90 Å². The number of hydrogen-bond acceptors (Lipinski definition) is 6. The highest BCUT2D eigenvalue weighted by Gasteiger charge is 2.34. The molecule has 0 aliphatic carbocycles. The Hall–Kier alpha value is -2.48. The van der Waals surface area contributed by atoms with Crippen LogP contribution in [0.15, 0.2) is 24.3 Å². The number of amides is 2. The third kappa shape index (κ3) is 3.65. The molecule has 1 aromatic rings. The number of primary amides is 1. The molecule has 23 heavy (non-hydrogen) atoms. The highest BCUT2D eigenvalue weighted by atomic mass is 16.7. The van der Waals surface area contributed by atoms with Crippen LogP contribution >= 0.6 is 0 Å². The number of nitrogens with two attached hydrogens (primary N) is 1. The van der Waals surface area contributed by atoms with Crippen molar-refractivity contribution >= 4 is 23.6 Å². The molecule has 0 saturated carbocycles. The van der Waals surface area contributed by atoms with Crippen LogP contribution in [-0.2, 0) is 14.2 Å². The van der Waals surface area contributed by atoms with Gasteiger partial charge in [-0.1, -0.05) is 0 Å². The predicted molar refractivity (Wildman–Crippen MR) is 82.4 cm³/mol. The summed E-state index contributed by atoms with van der Waals surface area (Å²) in [4.78, 5) is 26.2. The van der Waals surface area contributed by atoms with Gasteiger partial charge in [0.05, 0.1) is 6.61 Å². The van der Waals surface area contributed by atoms with Crippen LogP contribution in [0.2, 0.25) is 0 Å². The van der Waals surface area contributed by atoms with Crippen molar-refractivity contribution in [2.24, 2.45) is 5.73 Å². The molecule has 2 saturated heterocycles. The Kier molecular flexibility index (Phi) is 4.52. The molecule has 1 atom stereocenters. The van der Waals surface area contributed by atoms with Gasteiger partial charge in [-0.2, -0.15) is 0 Å². The molecule has 0 radical (unpaired) electrons. The van der Waals surface area contributed by atoms with Gasteiger partial charge in [0.15, 0.2) is 0 Å². The van der Waals surface area contributed by atoms with Crippen molar-refractivity contribution in [2.75, 3.05) is 42.6 Å². The highest BCUT2D eigenvalue weighted by Crippen LogP contribution is 2.25. The van der Waals surface area contributed by atoms with Gasteiger partial charge in [0, 0.05) is 31.1 Å². The summed E-state index contributed by atoms with van der Waals surface area (Å²) in [5.74, 6) is 0. The fourth-order valence-electron chi connectivity index (χ4n) is 2.69. The van der Waals surface area contributed by atoms with Crippen molar-refractivity contribution in [1.82, 2.24) is 0 Å². The zero-order valence-electron chi connectivity index (χ0n) is 12.6. The Morgan fingerprint density at radius 2 is 1.91 bits per heavy atom. The summed E-state index contributed by atoms with van der Waals surface area (Å²) >= 11 is 0. The summed E-state index contributed by atoms with van der Waals surface area (Å²) in [5.41, 5.74) is 6.69. The molecule has 2 N–H and O–H groups in total. The topological polar surface area (TPSA) is 94.3 Å². The summed E-state index contributed by atoms with van der Waals surface area (Å²) in [7, 11) is 0. The van der Waals surface area contributed by atoms with Crippen molar-refractivity contribution < 1.29 is 23.8 Å². The normalized spacial score (nSPS) is 21.7. The Labute approximate surface area is 133 Å². The second-order valence-electron chi connectivity index (χ2n) is 5.33. The van der Waals surface area contributed by atoms with Crippen LogP contribution in [-0.4, -0.2) is 51.3 Å². The van der Waals surface area contributed by atoms with E-state index in [1.54, 1.807) is 0 Å². The molecule has 2 amide bonds. The number of carbonyl (C=O) groups is 2. The van der Waals surface area contributed by atoms with E-state index in [4.69, 9.17) is 19.9 Å². The fourth-order valence-corrected chi connectivity index (χ4v) is 2.69. The van der Waals surface area contributed by atoms with Crippen molar-refractivity contribution in [3.8, 4) is 0 Å². The molecule has 8 nitrogen and oxygen atoms in total. The number of carbonyl (C=O) groups excluding carboxylic acids is 2. The number of ether oxygens (including phenoxy) is 3. The van der Waals surface area contributed by atoms with Crippen molar-refractivity contribution in [3.05, 3.63) is 24.3 Å². The zero-order valence-corrected chi connectivity index (χ0v) is 12.6. The first-order valence-corrected chi connectivity index (χ1v) is 7.50. The maximum atomic E-state index is 11.8. The average Bonchev–Trinajstić information content (AvgIpc) is 2.75. The fraction of sp³-hybridized carbons (Fsp3) is 0.467. The minimum Gasteiger partial charge on any atom is -0.407 e. The quantitative estimate of drug-likeness (QED) is 0.901. The van der Waals surface area contributed by atoms with Gasteiger partial charge in [0.2, 0.25) is 0 Å². The van der Waals surface area contributed by atoms with Gasteiger partial charge < -0.3 is 24.8 Å². The number of cyclic esters (lactones) is 1. The van der Waals surface area contributed by atoms with E-state index in [-0.39, 0.29) is 6.54 Å². The first-order valence-electron chi connectivity index (χ1n) is 7.50. The molecule has 0 aromatic heterocycles. The van der Waals surface area contributed by atoms with Crippen LogP contribution in [0, 0.1) is 0 Å². The van der Waals surface area contributed by atoms with E-state index in [0.29, 0.717) is 12.3 Å². The van der Waals surface area contributed by atoms with Crippen LogP contribution in [0.4, 0.5) is 21.0 Å². The van der Waals surface area contributed by atoms with E-state index >= 15 is 0 Å². The molecule has 2 aliphatic rings. The molecule has 8 heteroatoms. The molecule has 2 heterocycles. The minimum atomic E-state index is -0.970. The van der Waals surface area contributed by atoms with Gasteiger partial charge in [0.25, 0.3) is 6.29 Å². The summed E-state index contributed by atoms with van der Waals surface area (Å²) in [5, 5.41) is 0. The van der Waals surface area contributed by atoms with E-state index in [9.17, 15) is 9.59 Å². The van der Waals surface area contributed by atoms with Crippen LogP contribution in [0.1, 0.15) is 6.42 Å². The van der Waals surface area contributed by atoms with Gasteiger partial charge in [-0.25, -0.2) is 9.59 Å². The number of benzene rings is 1. The lowest BCUT2D eigenvalue weighted by Gasteiger charge is -2.22. The molecule has 124 valence electrons. The van der Waals surface area contributed by atoms with E-state index in [0.717, 1.165) is 31.8 Å². The largest absolute Gasteiger partial charge is 0.417 e. The third-order valence-electron chi connectivity index (χ3n) is 3.78. The van der Waals surface area contributed by atoms with Crippen molar-refractivity contribution in [3.63, 3.8) is 0 Å². The molecule has 0 spiro atoms. The van der Waals surface area contributed by atoms with Crippen LogP contribution in [0.25, 0.3) is 0 Å². The molecule has 1 unspecified atom stereocenters. The lowest BCUT2D eigenvalue weighted by atomic mass is 10.2. The zero-order chi connectivity index (χ0) is 16.2. The second-order valence-corrected chi connectivity index (χ2v) is 5.33. The van der Waals surface area contributed by atoms with E-state index < -0.39 is 18.5 Å². The molecule has 2 fully saturated rings. The average molecular weight is 321 g/mol. The predicted octanol–water partition coefficient (Wildman–Crippen LogP) is 1.29. The Bertz CT molecular complexity index is 569. The standard InChI is InChI=1S/C15H19N3O5/c16-14(19)22-13-10-18(15(20)23-13)12-4-2-11(3-5-12)17-6-1-8-21-9-7-17/h2-5,13H,1,6-10H2,(H2,16,19). The molecule has 2 aliphatic heterocycles. The number of hydrogen-bond donors (Lipinski definition) is 1. The van der Waals surface area contributed by atoms with Gasteiger partial charge in [-0.05, 0) is 30.7 Å². The third-order valence-corrected chi connectivity index (χ3v) is 3.78. The smallest absolute Gasteiger partial charge is 0.407 e. The van der Waals surface area contributed by atoms with E-state index in [1.807, 2.05) is 24.3 Å². The molecule has 3 rings (SSSR count). The maximum absolute atomic E-state index is 11.8. The Balaban J connectivity index is 1.67. The van der Waals surface area contributed by atoms with Crippen molar-refractivity contribution in [1.29, 1.82) is 0 Å². The Morgan fingerprint density at radius 1 is 1.17 bits per heavy atom. The summed E-state index contributed by atoms with van der Waals surface area (Å²) in [6.07, 6.45) is -1.51. The van der Waals surface area contributed by atoms with E-state index in [2.05, 4.69) is 4.90 Å². The van der Waals surface area contributed by atoms with Crippen LogP contribution in [0.5, 0.6) is 0 Å². The summed E-state index contributed by atoms with van der Waals surface area (Å²) in [6.45, 7) is 3.42. The monoisotopic (exact) mass is 321 g/mol. The maximum Gasteiger partial charge on any atom is 0.417 e. The number of anilines is 2. The van der Waals surface area contributed by atoms with Crippen LogP contribution in [0.3, 0.4) is 0 Å². The number of nitrogens with zero attached hydrogens (tertiary/aromatic N) is 2. The van der Waals surface area contributed by atoms with E-state index in [1.165, 1.54) is 4.90 Å². The van der Waals surface area contributed by atoms with Crippen molar-refractivity contribution in [2.45, 2.75) is 12.7 Å². The molecular weight excluding hydrogens is 302 g/mol. The number of rotatable bonds is 3. The SMILES string of the molecule is NC(=O)OC1CN(c2ccc(N3CCCOCC3)cc2)C(=O)O1.